The zero-order valence-corrected chi connectivity index (χ0v) is 22.6. The number of hydrogen-bond acceptors (Lipinski definition) is 5. The van der Waals surface area contributed by atoms with E-state index in [-0.39, 0.29) is 16.3 Å². The Balaban J connectivity index is 1.64. The van der Waals surface area contributed by atoms with Gasteiger partial charge in [0.05, 0.1) is 21.4 Å². The van der Waals surface area contributed by atoms with E-state index in [0.717, 1.165) is 14.0 Å². The Hall–Kier alpha value is -3.37. The summed E-state index contributed by atoms with van der Waals surface area (Å²) >= 11 is 8.30. The molecule has 3 aromatic rings. The van der Waals surface area contributed by atoms with Gasteiger partial charge in [-0.15, -0.1) is 0 Å². The molecule has 1 fully saturated rings. The van der Waals surface area contributed by atoms with E-state index in [1.807, 2.05) is 12.1 Å². The van der Waals surface area contributed by atoms with Crippen LogP contribution in [0.4, 0.5) is 10.5 Å². The van der Waals surface area contributed by atoms with Gasteiger partial charge in [-0.05, 0) is 89.0 Å². The van der Waals surface area contributed by atoms with Crippen molar-refractivity contribution in [3.63, 3.8) is 0 Å². The fraction of sp³-hybridized carbons (Fsp3) is 0.148. The highest BCUT2D eigenvalue weighted by atomic mass is 127. The number of nitrogens with zero attached hydrogens (tertiary/aromatic N) is 1. The zero-order chi connectivity index (χ0) is 26.0. The van der Waals surface area contributed by atoms with Crippen molar-refractivity contribution < 1.29 is 23.9 Å². The van der Waals surface area contributed by atoms with E-state index in [9.17, 15) is 14.4 Å². The molecule has 1 aliphatic rings. The number of para-hydroxylation sites is 1. The summed E-state index contributed by atoms with van der Waals surface area (Å²) in [5.74, 6) is -0.579. The van der Waals surface area contributed by atoms with Crippen molar-refractivity contribution in [1.82, 2.24) is 5.32 Å². The van der Waals surface area contributed by atoms with Crippen LogP contribution >= 0.6 is 34.2 Å². The van der Waals surface area contributed by atoms with Gasteiger partial charge < -0.3 is 9.47 Å². The Morgan fingerprint density at radius 2 is 1.78 bits per heavy atom. The standard InChI is InChI=1S/C27H22ClIN2O5/c1-15-8-9-17(10-16(15)2)14-36-24-21(29)12-18(13-23(24)35-3)11-19-25(32)30-27(34)31(26(19)33)22-7-5-4-6-20(22)28/h4-13H,14H2,1-3H3,(H,30,32,34)/b19-11+. The van der Waals surface area contributed by atoms with Crippen LogP contribution in [0.25, 0.3) is 6.08 Å². The maximum Gasteiger partial charge on any atom is 0.335 e. The van der Waals surface area contributed by atoms with Gasteiger partial charge in [0.2, 0.25) is 0 Å². The first kappa shape index (κ1) is 25.7. The molecule has 0 atom stereocenters. The Kier molecular flexibility index (Phi) is 7.65. The second kappa shape index (κ2) is 10.7. The molecule has 1 N–H and O–H groups in total. The maximum atomic E-state index is 13.2. The van der Waals surface area contributed by atoms with Crippen LogP contribution in [-0.2, 0) is 16.2 Å². The molecule has 184 valence electrons. The normalized spacial score (nSPS) is 14.8. The molecule has 3 aromatic carbocycles. The molecule has 0 saturated carbocycles. The Morgan fingerprint density at radius 3 is 2.47 bits per heavy atom. The summed E-state index contributed by atoms with van der Waals surface area (Å²) in [6.07, 6.45) is 1.41. The van der Waals surface area contributed by atoms with Crippen LogP contribution in [0.15, 0.2) is 60.2 Å². The van der Waals surface area contributed by atoms with Crippen molar-refractivity contribution in [3.8, 4) is 11.5 Å². The summed E-state index contributed by atoms with van der Waals surface area (Å²) in [5, 5.41) is 2.40. The number of ether oxygens (including phenoxy) is 2. The number of amides is 4. The van der Waals surface area contributed by atoms with Crippen LogP contribution in [0.1, 0.15) is 22.3 Å². The second-order valence-corrected chi connectivity index (χ2v) is 9.72. The minimum absolute atomic E-state index is 0.183. The molecule has 0 bridgehead atoms. The molecule has 1 heterocycles. The SMILES string of the molecule is COc1cc(/C=C2\C(=O)NC(=O)N(c3ccccc3Cl)C2=O)cc(I)c1OCc1ccc(C)c(C)c1. The van der Waals surface area contributed by atoms with Gasteiger partial charge in [-0.1, -0.05) is 41.9 Å². The van der Waals surface area contributed by atoms with Gasteiger partial charge in [0.15, 0.2) is 11.5 Å². The molecular weight excluding hydrogens is 595 g/mol. The van der Waals surface area contributed by atoms with Gasteiger partial charge in [0.1, 0.15) is 12.2 Å². The summed E-state index contributed by atoms with van der Waals surface area (Å²) < 4.78 is 12.3. The highest BCUT2D eigenvalue weighted by molar-refractivity contribution is 14.1. The topological polar surface area (TPSA) is 84.9 Å². The van der Waals surface area contributed by atoms with Crippen molar-refractivity contribution in [3.05, 3.63) is 91.0 Å². The maximum absolute atomic E-state index is 13.2. The summed E-state index contributed by atoms with van der Waals surface area (Å²) in [4.78, 5) is 39.0. The van der Waals surface area contributed by atoms with E-state index in [1.54, 1.807) is 30.3 Å². The smallest absolute Gasteiger partial charge is 0.335 e. The molecule has 0 aromatic heterocycles. The molecule has 7 nitrogen and oxygen atoms in total. The van der Waals surface area contributed by atoms with Crippen LogP contribution in [0.2, 0.25) is 5.02 Å². The summed E-state index contributed by atoms with van der Waals surface area (Å²) in [6.45, 7) is 4.46. The summed E-state index contributed by atoms with van der Waals surface area (Å²) in [5.41, 5.74) is 3.91. The van der Waals surface area contributed by atoms with Crippen LogP contribution in [0.3, 0.4) is 0 Å². The van der Waals surface area contributed by atoms with Crippen molar-refractivity contribution >= 4 is 63.8 Å². The molecular formula is C27H22ClIN2O5. The van der Waals surface area contributed by atoms with Crippen molar-refractivity contribution in [2.75, 3.05) is 12.0 Å². The number of benzene rings is 3. The predicted molar refractivity (Wildman–Crippen MR) is 146 cm³/mol. The molecule has 1 saturated heterocycles. The van der Waals surface area contributed by atoms with Crippen molar-refractivity contribution in [1.29, 1.82) is 0 Å². The number of carbonyl (C=O) groups is 3. The number of nitrogens with one attached hydrogen (secondary N) is 1. The molecule has 36 heavy (non-hydrogen) atoms. The molecule has 4 rings (SSSR count). The lowest BCUT2D eigenvalue weighted by molar-refractivity contribution is -0.122. The predicted octanol–water partition coefficient (Wildman–Crippen LogP) is 5.82. The second-order valence-electron chi connectivity index (χ2n) is 8.15. The third-order valence-corrected chi connectivity index (χ3v) is 6.83. The lowest BCUT2D eigenvalue weighted by Crippen LogP contribution is -2.54. The van der Waals surface area contributed by atoms with Crippen LogP contribution in [-0.4, -0.2) is 25.0 Å². The number of imide groups is 2. The van der Waals surface area contributed by atoms with Gasteiger partial charge in [-0.25, -0.2) is 9.69 Å². The van der Waals surface area contributed by atoms with Gasteiger partial charge >= 0.3 is 6.03 Å². The monoisotopic (exact) mass is 616 g/mol. The lowest BCUT2D eigenvalue weighted by Gasteiger charge is -2.27. The number of anilines is 1. The average Bonchev–Trinajstić information content (AvgIpc) is 2.84. The van der Waals surface area contributed by atoms with E-state index in [0.29, 0.717) is 23.7 Å². The number of urea groups is 1. The number of methoxy groups -OCH3 is 1. The molecule has 0 radical (unpaired) electrons. The Labute approximate surface area is 227 Å². The van der Waals surface area contributed by atoms with E-state index in [1.165, 1.54) is 30.4 Å². The minimum atomic E-state index is -0.863. The highest BCUT2D eigenvalue weighted by Crippen LogP contribution is 2.36. The molecule has 1 aliphatic heterocycles. The first-order valence-electron chi connectivity index (χ1n) is 10.9. The molecule has 9 heteroatoms. The first-order chi connectivity index (χ1) is 17.2. The average molecular weight is 617 g/mol. The Bertz CT molecular complexity index is 1420. The number of aryl methyl sites for hydroxylation is 2. The third kappa shape index (κ3) is 5.24. The van der Waals surface area contributed by atoms with E-state index >= 15 is 0 Å². The first-order valence-corrected chi connectivity index (χ1v) is 12.4. The van der Waals surface area contributed by atoms with Crippen LogP contribution < -0.4 is 19.7 Å². The number of hydrogen-bond donors (Lipinski definition) is 1. The van der Waals surface area contributed by atoms with E-state index in [4.69, 9.17) is 21.1 Å². The van der Waals surface area contributed by atoms with Gasteiger partial charge in [-0.2, -0.15) is 0 Å². The van der Waals surface area contributed by atoms with Gasteiger partial charge in [0, 0.05) is 0 Å². The summed E-state index contributed by atoms with van der Waals surface area (Å²) in [7, 11) is 1.52. The number of carbonyl (C=O) groups excluding carboxylic acids is 3. The summed E-state index contributed by atoms with van der Waals surface area (Å²) in [6, 6.07) is 15.1. The Morgan fingerprint density at radius 1 is 1.03 bits per heavy atom. The largest absolute Gasteiger partial charge is 0.493 e. The molecule has 0 aliphatic carbocycles. The lowest BCUT2D eigenvalue weighted by atomic mass is 10.1. The van der Waals surface area contributed by atoms with Gasteiger partial charge in [0.25, 0.3) is 11.8 Å². The van der Waals surface area contributed by atoms with E-state index in [2.05, 4.69) is 47.8 Å². The third-order valence-electron chi connectivity index (χ3n) is 5.71. The number of barbiturate groups is 1. The van der Waals surface area contributed by atoms with Crippen molar-refractivity contribution in [2.24, 2.45) is 0 Å². The van der Waals surface area contributed by atoms with Gasteiger partial charge in [-0.3, -0.25) is 14.9 Å². The molecule has 4 amide bonds. The molecule has 0 spiro atoms. The zero-order valence-electron chi connectivity index (χ0n) is 19.7. The molecule has 0 unspecified atom stereocenters. The number of rotatable bonds is 6. The van der Waals surface area contributed by atoms with Crippen LogP contribution in [0, 0.1) is 17.4 Å². The van der Waals surface area contributed by atoms with E-state index < -0.39 is 17.8 Å². The number of halogens is 2. The fourth-order valence-corrected chi connectivity index (χ4v) is 4.69. The van der Waals surface area contributed by atoms with Crippen LogP contribution in [0.5, 0.6) is 11.5 Å². The highest BCUT2D eigenvalue weighted by Gasteiger charge is 2.37. The van der Waals surface area contributed by atoms with Crippen molar-refractivity contribution in [2.45, 2.75) is 20.5 Å². The quantitative estimate of drug-likeness (QED) is 0.215. The minimum Gasteiger partial charge on any atom is -0.493 e. The fourth-order valence-electron chi connectivity index (χ4n) is 3.69.